The fraction of sp³-hybridized carbons (Fsp3) is 0.750. The molecule has 18 heavy (non-hydrogen) atoms. The number of hydrogen-bond donors (Lipinski definition) is 2. The fourth-order valence-corrected chi connectivity index (χ4v) is 1.74. The van der Waals surface area contributed by atoms with Crippen molar-refractivity contribution >= 4 is 17.8 Å². The summed E-state index contributed by atoms with van der Waals surface area (Å²) in [7, 11) is 1.24. The number of carboxylic acids is 1. The van der Waals surface area contributed by atoms with Gasteiger partial charge in [-0.15, -0.1) is 0 Å². The van der Waals surface area contributed by atoms with E-state index in [1.54, 1.807) is 6.92 Å². The average molecular weight is 257 g/mol. The van der Waals surface area contributed by atoms with Crippen molar-refractivity contribution < 1.29 is 24.2 Å². The Kier molecular flexibility index (Phi) is 5.12. The zero-order valence-corrected chi connectivity index (χ0v) is 10.6. The summed E-state index contributed by atoms with van der Waals surface area (Å²) in [5.74, 6) is -1.65. The van der Waals surface area contributed by atoms with E-state index in [1.165, 1.54) is 7.11 Å². The molecule has 1 fully saturated rings. The van der Waals surface area contributed by atoms with Crippen LogP contribution >= 0.6 is 0 Å². The molecule has 0 aliphatic heterocycles. The molecule has 1 rings (SSSR count). The highest BCUT2D eigenvalue weighted by molar-refractivity contribution is 5.85. The van der Waals surface area contributed by atoms with Gasteiger partial charge in [0.05, 0.1) is 7.11 Å². The summed E-state index contributed by atoms with van der Waals surface area (Å²) < 4.78 is 4.44. The Bertz CT molecular complexity index is 337. The van der Waals surface area contributed by atoms with Gasteiger partial charge in [-0.2, -0.15) is 0 Å². The molecule has 102 valence electrons. The number of carbonyl (C=O) groups excluding carboxylic acids is 2. The lowest BCUT2D eigenvalue weighted by Crippen LogP contribution is -2.43. The van der Waals surface area contributed by atoms with E-state index in [0.29, 0.717) is 5.92 Å². The van der Waals surface area contributed by atoms with Crippen LogP contribution in [0.15, 0.2) is 0 Å². The first-order valence-electron chi connectivity index (χ1n) is 6.05. The third kappa shape index (κ3) is 4.35. The Hall–Kier alpha value is -1.59. The van der Waals surface area contributed by atoms with Crippen molar-refractivity contribution in [3.8, 4) is 0 Å². The van der Waals surface area contributed by atoms with E-state index in [1.807, 2.05) is 0 Å². The lowest BCUT2D eigenvalue weighted by molar-refractivity contribution is -0.144. The number of hydrogen-bond acceptors (Lipinski definition) is 4. The summed E-state index contributed by atoms with van der Waals surface area (Å²) >= 11 is 0. The topological polar surface area (TPSA) is 92.7 Å². The van der Waals surface area contributed by atoms with Crippen molar-refractivity contribution in [2.45, 2.75) is 38.6 Å². The van der Waals surface area contributed by atoms with Crippen LogP contribution in [0.2, 0.25) is 0 Å². The number of nitrogens with one attached hydrogen (secondary N) is 1. The third-order valence-corrected chi connectivity index (χ3v) is 3.22. The molecule has 2 unspecified atom stereocenters. The van der Waals surface area contributed by atoms with E-state index in [4.69, 9.17) is 5.11 Å². The van der Waals surface area contributed by atoms with Gasteiger partial charge in [0.2, 0.25) is 5.91 Å². The predicted molar refractivity (Wildman–Crippen MR) is 62.7 cm³/mol. The average Bonchev–Trinajstić information content (AvgIpc) is 3.16. The number of methoxy groups -OCH3 is 1. The molecule has 0 aromatic rings. The number of ether oxygens (including phenoxy) is 1. The van der Waals surface area contributed by atoms with Crippen molar-refractivity contribution in [3.63, 3.8) is 0 Å². The second-order valence-electron chi connectivity index (χ2n) is 4.64. The van der Waals surface area contributed by atoms with Crippen molar-refractivity contribution in [2.75, 3.05) is 7.11 Å². The van der Waals surface area contributed by atoms with E-state index in [9.17, 15) is 14.4 Å². The van der Waals surface area contributed by atoms with Crippen LogP contribution < -0.4 is 5.32 Å². The standard InChI is InChI=1S/C12H19NO5/c1-7(8-3-4-8)11(15)13-9(12(16)17)5-6-10(14)18-2/h7-9H,3-6H2,1-2H3,(H,13,15)(H,16,17). The highest BCUT2D eigenvalue weighted by Crippen LogP contribution is 2.36. The van der Waals surface area contributed by atoms with Crippen LogP contribution in [0.5, 0.6) is 0 Å². The Morgan fingerprint density at radius 3 is 2.44 bits per heavy atom. The molecule has 1 saturated carbocycles. The van der Waals surface area contributed by atoms with Crippen LogP contribution in [-0.2, 0) is 19.1 Å². The number of aliphatic carboxylic acids is 1. The van der Waals surface area contributed by atoms with Gasteiger partial charge in [0.1, 0.15) is 6.04 Å². The maximum Gasteiger partial charge on any atom is 0.326 e. The molecule has 0 spiro atoms. The monoisotopic (exact) mass is 257 g/mol. The molecule has 0 saturated heterocycles. The van der Waals surface area contributed by atoms with Gasteiger partial charge in [-0.1, -0.05) is 6.92 Å². The second-order valence-corrected chi connectivity index (χ2v) is 4.64. The van der Waals surface area contributed by atoms with Gasteiger partial charge in [-0.05, 0) is 25.2 Å². The van der Waals surface area contributed by atoms with Gasteiger partial charge >= 0.3 is 11.9 Å². The van der Waals surface area contributed by atoms with E-state index in [0.717, 1.165) is 12.8 Å². The minimum atomic E-state index is -1.13. The summed E-state index contributed by atoms with van der Waals surface area (Å²) in [5.41, 5.74) is 0. The highest BCUT2D eigenvalue weighted by Gasteiger charge is 2.34. The van der Waals surface area contributed by atoms with E-state index < -0.39 is 18.0 Å². The maximum absolute atomic E-state index is 11.8. The summed E-state index contributed by atoms with van der Waals surface area (Å²) in [6, 6.07) is -1.03. The van der Waals surface area contributed by atoms with Crippen LogP contribution in [0.4, 0.5) is 0 Å². The van der Waals surface area contributed by atoms with Gasteiger partial charge in [0.15, 0.2) is 0 Å². The van der Waals surface area contributed by atoms with Crippen LogP contribution in [0, 0.1) is 11.8 Å². The number of carbonyl (C=O) groups is 3. The Morgan fingerprint density at radius 2 is 2.00 bits per heavy atom. The number of rotatable bonds is 7. The van der Waals surface area contributed by atoms with Crippen LogP contribution in [0.25, 0.3) is 0 Å². The van der Waals surface area contributed by atoms with Crippen molar-refractivity contribution in [1.29, 1.82) is 0 Å². The Morgan fingerprint density at radius 1 is 1.39 bits per heavy atom. The lowest BCUT2D eigenvalue weighted by Gasteiger charge is -2.17. The quantitative estimate of drug-likeness (QED) is 0.650. The third-order valence-electron chi connectivity index (χ3n) is 3.22. The van der Waals surface area contributed by atoms with Crippen LogP contribution in [0.1, 0.15) is 32.6 Å². The maximum atomic E-state index is 11.8. The largest absolute Gasteiger partial charge is 0.480 e. The van der Waals surface area contributed by atoms with E-state index >= 15 is 0 Å². The van der Waals surface area contributed by atoms with E-state index in [2.05, 4.69) is 10.1 Å². The molecule has 2 N–H and O–H groups in total. The smallest absolute Gasteiger partial charge is 0.326 e. The molecule has 1 amide bonds. The molecular weight excluding hydrogens is 238 g/mol. The zero-order chi connectivity index (χ0) is 13.7. The fourth-order valence-electron chi connectivity index (χ4n) is 1.74. The summed E-state index contributed by atoms with van der Waals surface area (Å²) in [6.07, 6.45) is 2.07. The summed E-state index contributed by atoms with van der Waals surface area (Å²) in [4.78, 5) is 33.7. The first kappa shape index (κ1) is 14.5. The van der Waals surface area contributed by atoms with Crippen LogP contribution in [0.3, 0.4) is 0 Å². The van der Waals surface area contributed by atoms with E-state index in [-0.39, 0.29) is 24.7 Å². The molecule has 0 bridgehead atoms. The SMILES string of the molecule is COC(=O)CCC(NC(=O)C(C)C1CC1)C(=O)O. The van der Waals surface area contributed by atoms with Crippen molar-refractivity contribution in [2.24, 2.45) is 11.8 Å². The molecule has 0 radical (unpaired) electrons. The van der Waals surface area contributed by atoms with Gasteiger partial charge in [0.25, 0.3) is 0 Å². The van der Waals surface area contributed by atoms with Gasteiger partial charge in [-0.3, -0.25) is 9.59 Å². The normalized spacial score (nSPS) is 17.7. The molecule has 0 heterocycles. The molecule has 0 aromatic carbocycles. The Labute approximate surface area is 106 Å². The molecule has 1 aliphatic rings. The second kappa shape index (κ2) is 6.37. The molecular formula is C12H19NO5. The minimum Gasteiger partial charge on any atom is -0.480 e. The van der Waals surface area contributed by atoms with Crippen molar-refractivity contribution in [3.05, 3.63) is 0 Å². The lowest BCUT2D eigenvalue weighted by atomic mass is 10.0. The molecule has 2 atom stereocenters. The summed E-state index contributed by atoms with van der Waals surface area (Å²) in [6.45, 7) is 1.80. The number of carboxylic acid groups (broad SMARTS) is 1. The highest BCUT2D eigenvalue weighted by atomic mass is 16.5. The van der Waals surface area contributed by atoms with Crippen LogP contribution in [-0.4, -0.2) is 36.1 Å². The number of esters is 1. The molecule has 1 aliphatic carbocycles. The minimum absolute atomic E-state index is 0.0223. The first-order chi connectivity index (χ1) is 8.45. The Balaban J connectivity index is 2.43. The van der Waals surface area contributed by atoms with Gasteiger partial charge in [-0.25, -0.2) is 4.79 Å². The van der Waals surface area contributed by atoms with Gasteiger partial charge < -0.3 is 15.2 Å². The first-order valence-corrected chi connectivity index (χ1v) is 6.05. The molecule has 0 aromatic heterocycles. The zero-order valence-electron chi connectivity index (χ0n) is 10.6. The summed E-state index contributed by atoms with van der Waals surface area (Å²) in [5, 5.41) is 11.4. The molecule has 6 heteroatoms. The van der Waals surface area contributed by atoms with Crippen molar-refractivity contribution in [1.82, 2.24) is 5.32 Å². The molecule has 6 nitrogen and oxygen atoms in total. The van der Waals surface area contributed by atoms with Gasteiger partial charge in [0, 0.05) is 12.3 Å². The predicted octanol–water partition coefficient (Wildman–Crippen LogP) is 0.555. The number of amides is 1.